The van der Waals surface area contributed by atoms with Gasteiger partial charge in [0.2, 0.25) is 5.91 Å². The highest BCUT2D eigenvalue weighted by Gasteiger charge is 2.47. The van der Waals surface area contributed by atoms with E-state index in [9.17, 15) is 14.4 Å². The molecule has 4 aliphatic heterocycles. The van der Waals surface area contributed by atoms with E-state index in [1.165, 1.54) is 17.1 Å². The van der Waals surface area contributed by atoms with E-state index < -0.39 is 41.8 Å². The molecule has 1 aliphatic carbocycles. The summed E-state index contributed by atoms with van der Waals surface area (Å²) in [6, 6.07) is 12.7. The number of alkyl halides is 2. The number of nitrogens with zero attached hydrogens (tertiary/aromatic N) is 4. The number of hydrogen-bond donors (Lipinski definition) is 3. The van der Waals surface area contributed by atoms with Gasteiger partial charge in [-0.1, -0.05) is 44.9 Å². The average molecular weight is 908 g/mol. The summed E-state index contributed by atoms with van der Waals surface area (Å²) in [7, 11) is 1.67. The van der Waals surface area contributed by atoms with Crippen LogP contribution in [0.3, 0.4) is 0 Å². The van der Waals surface area contributed by atoms with E-state index in [1.54, 1.807) is 13.3 Å². The first-order valence-electron chi connectivity index (χ1n) is 24.3. The highest BCUT2D eigenvalue weighted by Crippen LogP contribution is 2.43. The Morgan fingerprint density at radius 1 is 1.03 bits per heavy atom. The Morgan fingerprint density at radius 2 is 1.85 bits per heavy atom. The lowest BCUT2D eigenvalue weighted by Gasteiger charge is -2.37. The number of hydrogen-bond acceptors (Lipinski definition) is 9. The molecule has 6 heterocycles. The number of cyclic esters (lactones) is 1. The third-order valence-electron chi connectivity index (χ3n) is 15.3. The number of carbonyl (C=O) groups excluding carboxylic acids is 3. The number of pyridine rings is 1. The summed E-state index contributed by atoms with van der Waals surface area (Å²) in [4.78, 5) is 51.0. The van der Waals surface area contributed by atoms with Crippen molar-refractivity contribution in [1.29, 1.82) is 0 Å². The van der Waals surface area contributed by atoms with Crippen LogP contribution in [-0.4, -0.2) is 102 Å². The molecule has 2 amide bonds. The number of nitrogens with one attached hydrogen (secondary N) is 3. The third-order valence-corrected chi connectivity index (χ3v) is 15.3. The smallest absolute Gasteiger partial charge is 0.324 e. The maximum atomic E-state index is 15.0. The zero-order valence-corrected chi connectivity index (χ0v) is 39.3. The van der Waals surface area contributed by atoms with E-state index in [2.05, 4.69) is 64.5 Å². The van der Waals surface area contributed by atoms with Crippen LogP contribution >= 0.6 is 0 Å². The number of esters is 1. The molecule has 354 valence electrons. The van der Waals surface area contributed by atoms with E-state index in [4.69, 9.17) is 14.5 Å². The van der Waals surface area contributed by atoms with E-state index in [1.807, 2.05) is 25.1 Å². The Balaban J connectivity index is 1.16. The van der Waals surface area contributed by atoms with E-state index in [0.29, 0.717) is 43.5 Å². The summed E-state index contributed by atoms with van der Waals surface area (Å²) in [5.41, 5.74) is 9.15. The van der Waals surface area contributed by atoms with Gasteiger partial charge in [0.25, 0.3) is 12.3 Å². The van der Waals surface area contributed by atoms with Gasteiger partial charge in [-0.25, -0.2) is 14.2 Å². The first-order chi connectivity index (χ1) is 31.8. The lowest BCUT2D eigenvalue weighted by atomic mass is 9.84. The minimum Gasteiger partial charge on any atom is -0.464 e. The van der Waals surface area contributed by atoms with Crippen LogP contribution in [0.2, 0.25) is 0 Å². The van der Waals surface area contributed by atoms with Crippen LogP contribution in [0.1, 0.15) is 114 Å². The summed E-state index contributed by atoms with van der Waals surface area (Å²) >= 11 is 0. The largest absolute Gasteiger partial charge is 0.464 e. The summed E-state index contributed by atoms with van der Waals surface area (Å²) in [6.07, 6.45) is 6.29. The lowest BCUT2D eigenvalue weighted by molar-refractivity contribution is -0.155. The molecule has 14 heteroatoms. The molecule has 66 heavy (non-hydrogen) atoms. The van der Waals surface area contributed by atoms with Gasteiger partial charge in [-0.15, -0.1) is 0 Å². The normalized spacial score (nSPS) is 25.1. The number of aromatic nitrogens is 2. The predicted molar refractivity (Wildman–Crippen MR) is 250 cm³/mol. The zero-order valence-electron chi connectivity index (χ0n) is 39.3. The van der Waals surface area contributed by atoms with Crippen LogP contribution in [0.5, 0.6) is 0 Å². The van der Waals surface area contributed by atoms with Crippen molar-refractivity contribution in [3.05, 3.63) is 77.1 Å². The Morgan fingerprint density at radius 3 is 2.59 bits per heavy atom. The van der Waals surface area contributed by atoms with Gasteiger partial charge >= 0.3 is 5.97 Å². The van der Waals surface area contributed by atoms with Gasteiger partial charge in [0.05, 0.1) is 30.1 Å². The standard InChI is InChI=1S/C52H67F2N7O5/c1-6-60-43-16-15-35-27-39(43)40(46(60)38-13-9-19-56-44(38)32(2)65-5)28-51(3,4)31-66-50(64)41-14-10-21-61(58-41)49(63)42(25-33-23-36(35)26-37(24-33)47(53)54)57-48(62)45(34-11-7-8-12-34)59-22-18-52(30-59)17-20-55-29-52/h9,13,15-16,19,23-24,26-27,32,34,41-42,45,47,55,58H,6-8,10-12,14,17-18,20-22,25,28-31H2,1-5H3,(H,57,62)/t32-,41-,42-,45-,52-/m0/s1. The molecular formula is C52H67F2N7O5. The molecule has 3 N–H and O–H groups in total. The van der Waals surface area contributed by atoms with Crippen molar-refractivity contribution < 1.29 is 32.6 Å². The van der Waals surface area contributed by atoms with Crippen LogP contribution in [0, 0.1) is 16.7 Å². The quantitative estimate of drug-likeness (QED) is 0.144. The van der Waals surface area contributed by atoms with Crippen molar-refractivity contribution in [3.63, 3.8) is 0 Å². The number of fused-ring (bicyclic) bond motifs is 6. The number of rotatable bonds is 9. The number of benzene rings is 2. The summed E-state index contributed by atoms with van der Waals surface area (Å²) in [6.45, 7) is 12.8. The average Bonchev–Trinajstić information content (AvgIpc) is 4.16. The van der Waals surface area contributed by atoms with Crippen molar-refractivity contribution in [3.8, 4) is 22.4 Å². The van der Waals surface area contributed by atoms with Crippen LogP contribution < -0.4 is 16.1 Å². The molecule has 5 aliphatic rings. The molecule has 1 saturated carbocycles. The number of ether oxygens (including phenoxy) is 2. The third kappa shape index (κ3) is 9.27. The molecule has 9 rings (SSSR count). The monoisotopic (exact) mass is 908 g/mol. The fourth-order valence-electron chi connectivity index (χ4n) is 11.8. The fourth-order valence-corrected chi connectivity index (χ4v) is 11.8. The lowest BCUT2D eigenvalue weighted by Crippen LogP contribution is -2.62. The minimum absolute atomic E-state index is 0.0177. The fraction of sp³-hybridized carbons (Fsp3) is 0.577. The van der Waals surface area contributed by atoms with Crippen LogP contribution in [0.4, 0.5) is 8.78 Å². The maximum absolute atomic E-state index is 15.0. The van der Waals surface area contributed by atoms with Gasteiger partial charge in [-0.3, -0.25) is 29.3 Å². The van der Waals surface area contributed by atoms with Crippen molar-refractivity contribution in [2.24, 2.45) is 16.7 Å². The van der Waals surface area contributed by atoms with Crippen molar-refractivity contribution in [2.75, 3.05) is 46.4 Å². The number of aryl methyl sites for hydroxylation is 1. The van der Waals surface area contributed by atoms with Gasteiger partial charge in [-0.05, 0) is 136 Å². The molecular weight excluding hydrogens is 841 g/mol. The molecule has 5 atom stereocenters. The highest BCUT2D eigenvalue weighted by molar-refractivity contribution is 5.95. The Labute approximate surface area is 387 Å². The second-order valence-corrected chi connectivity index (χ2v) is 20.5. The minimum atomic E-state index is -2.78. The molecule has 3 saturated heterocycles. The number of likely N-dealkylation sites (tertiary alicyclic amines) is 1. The summed E-state index contributed by atoms with van der Waals surface area (Å²) in [5, 5.41) is 9.15. The van der Waals surface area contributed by atoms with Gasteiger partial charge in [0.15, 0.2) is 0 Å². The topological polar surface area (TPSA) is 130 Å². The number of carbonyl (C=O) groups is 3. The van der Waals surface area contributed by atoms with Crippen LogP contribution in [0.15, 0.2) is 54.7 Å². The first-order valence-corrected chi connectivity index (χ1v) is 24.3. The van der Waals surface area contributed by atoms with Crippen molar-refractivity contribution in [2.45, 2.75) is 129 Å². The molecule has 4 fully saturated rings. The van der Waals surface area contributed by atoms with Gasteiger partial charge in [0.1, 0.15) is 12.1 Å². The van der Waals surface area contributed by atoms with E-state index in [0.717, 1.165) is 104 Å². The number of methoxy groups -OCH3 is 1. The first kappa shape index (κ1) is 46.4. The molecule has 1 spiro atoms. The van der Waals surface area contributed by atoms with Gasteiger partial charge in [0, 0.05) is 73.4 Å². The molecule has 12 nitrogen and oxygen atoms in total. The molecule has 2 aromatic carbocycles. The predicted octanol–water partition coefficient (Wildman–Crippen LogP) is 7.93. The van der Waals surface area contributed by atoms with E-state index >= 15 is 8.78 Å². The Kier molecular flexibility index (Phi) is 13.4. The maximum Gasteiger partial charge on any atom is 0.324 e. The van der Waals surface area contributed by atoms with Crippen molar-refractivity contribution >= 4 is 28.7 Å². The molecule has 0 unspecified atom stereocenters. The number of amides is 2. The van der Waals surface area contributed by atoms with Crippen molar-refractivity contribution in [1.82, 2.24) is 35.5 Å². The highest BCUT2D eigenvalue weighted by atomic mass is 19.3. The summed E-state index contributed by atoms with van der Waals surface area (Å²) in [5.74, 6) is -0.905. The van der Waals surface area contributed by atoms with Gasteiger partial charge in [-0.2, -0.15) is 0 Å². The molecule has 0 radical (unpaired) electrons. The Hall–Kier alpha value is -4.76. The SMILES string of the molecule is CCn1c(-c2cccnc2[C@H](C)OC)c2c3cc(ccc31)-c1cc(cc(C(F)F)c1)C[C@H](NC(=O)[C@H](C1CCCC1)N1CC[C@]3(CCNC3)C1)C(=O)N1CCC[C@H](N1)C(=O)OCC(C)(C)C2. The van der Waals surface area contributed by atoms with Gasteiger partial charge < -0.3 is 24.7 Å². The second kappa shape index (κ2) is 19.1. The Bertz CT molecular complexity index is 2440. The zero-order chi connectivity index (χ0) is 46.3. The molecule has 2 aromatic heterocycles. The van der Waals surface area contributed by atoms with Crippen LogP contribution in [0.25, 0.3) is 33.3 Å². The second-order valence-electron chi connectivity index (χ2n) is 20.5. The number of halogens is 2. The number of hydrazine groups is 1. The van der Waals surface area contributed by atoms with Crippen LogP contribution in [-0.2, 0) is 43.2 Å². The molecule has 4 aromatic rings. The summed E-state index contributed by atoms with van der Waals surface area (Å²) < 4.78 is 44.3. The molecule has 6 bridgehead atoms. The van der Waals surface area contributed by atoms with E-state index in [-0.39, 0.29) is 41.9 Å².